The highest BCUT2D eigenvalue weighted by atomic mass is 16.5. The molecule has 0 fully saturated rings. The summed E-state index contributed by atoms with van der Waals surface area (Å²) in [6.07, 6.45) is 0. The lowest BCUT2D eigenvalue weighted by Gasteiger charge is -2.03. The van der Waals surface area contributed by atoms with Gasteiger partial charge in [0.05, 0.1) is 11.5 Å². The van der Waals surface area contributed by atoms with Crippen LogP contribution in [0.25, 0.3) is 0 Å². The minimum atomic E-state index is 0.461. The molecule has 4 nitrogen and oxygen atoms in total. The third-order valence-electron chi connectivity index (χ3n) is 2.39. The number of nitroso groups, excluding NO2 is 1. The molecule has 2 aromatic carbocycles. The third-order valence-corrected chi connectivity index (χ3v) is 2.39. The Morgan fingerprint density at radius 2 is 1.72 bits per heavy atom. The largest absolute Gasteiger partial charge is 0.487 e. The number of hydrazine groups is 1. The molecule has 1 N–H and O–H groups in total. The standard InChI is InChI=1S/C14H15N2O2/c1-2-18-14-11-7-6-10-13(14)16(17)15-12-8-4-3-5-9-12/h3-11H,2H2,1H3,(H,15,17)/q+1. The molecule has 0 spiro atoms. The SMILES string of the molecule is CCOc1ccccc1[N+](=O)Nc1ccccc1. The van der Waals surface area contributed by atoms with Crippen LogP contribution < -0.4 is 10.2 Å². The number of nitrogens with zero attached hydrogens (tertiary/aromatic N) is 1. The van der Waals surface area contributed by atoms with Crippen LogP contribution in [0.3, 0.4) is 0 Å². The predicted octanol–water partition coefficient (Wildman–Crippen LogP) is 3.52. The van der Waals surface area contributed by atoms with E-state index >= 15 is 0 Å². The molecule has 0 bridgehead atoms. The molecule has 2 aromatic rings. The first kappa shape index (κ1) is 12.1. The monoisotopic (exact) mass is 243 g/mol. The van der Waals surface area contributed by atoms with Crippen molar-refractivity contribution in [3.63, 3.8) is 0 Å². The average molecular weight is 243 g/mol. The molecule has 0 unspecified atom stereocenters. The molecule has 0 saturated heterocycles. The van der Waals surface area contributed by atoms with Crippen LogP contribution in [0.15, 0.2) is 54.6 Å². The highest BCUT2D eigenvalue weighted by Gasteiger charge is 2.20. The Morgan fingerprint density at radius 1 is 1.06 bits per heavy atom. The molecule has 0 atom stereocenters. The number of rotatable bonds is 5. The molecule has 0 saturated carbocycles. The number of hydrogen-bond acceptors (Lipinski definition) is 2. The number of nitrogens with one attached hydrogen (secondary N) is 1. The number of anilines is 1. The molecule has 0 radical (unpaired) electrons. The Bertz CT molecular complexity index is 526. The van der Waals surface area contributed by atoms with E-state index in [1.165, 1.54) is 0 Å². The van der Waals surface area contributed by atoms with Crippen LogP contribution in [0.1, 0.15) is 6.92 Å². The first-order valence-corrected chi connectivity index (χ1v) is 5.82. The molecule has 0 heterocycles. The Balaban J connectivity index is 2.19. The Labute approximate surface area is 106 Å². The predicted molar refractivity (Wildman–Crippen MR) is 71.0 cm³/mol. The summed E-state index contributed by atoms with van der Waals surface area (Å²) in [7, 11) is 0. The van der Waals surface area contributed by atoms with Crippen molar-refractivity contribution in [1.82, 2.24) is 0 Å². The fourth-order valence-electron chi connectivity index (χ4n) is 1.59. The molecule has 0 aliphatic carbocycles. The lowest BCUT2D eigenvalue weighted by atomic mass is 10.3. The molecule has 2 rings (SSSR count). The second-order valence-corrected chi connectivity index (χ2v) is 3.67. The number of para-hydroxylation sites is 3. The molecule has 0 amide bonds. The normalized spacial score (nSPS) is 9.83. The summed E-state index contributed by atoms with van der Waals surface area (Å²) in [5, 5.41) is 0. The van der Waals surface area contributed by atoms with Crippen LogP contribution in [-0.4, -0.2) is 11.5 Å². The average Bonchev–Trinajstić information content (AvgIpc) is 2.41. The minimum absolute atomic E-state index is 0.461. The summed E-state index contributed by atoms with van der Waals surface area (Å²) in [6, 6.07) is 16.4. The van der Waals surface area contributed by atoms with Crippen LogP contribution in [0.2, 0.25) is 0 Å². The van der Waals surface area contributed by atoms with Crippen LogP contribution >= 0.6 is 0 Å². The minimum Gasteiger partial charge on any atom is -0.487 e. The molecule has 4 heteroatoms. The molecule has 18 heavy (non-hydrogen) atoms. The topological polar surface area (TPSA) is 41.3 Å². The summed E-state index contributed by atoms with van der Waals surface area (Å²) in [5.41, 5.74) is 3.95. The summed E-state index contributed by atoms with van der Waals surface area (Å²) < 4.78 is 5.41. The van der Waals surface area contributed by atoms with Crippen molar-refractivity contribution < 1.29 is 9.61 Å². The molecular formula is C14H15N2O2+. The van der Waals surface area contributed by atoms with Crippen LogP contribution in [-0.2, 0) is 0 Å². The van der Waals surface area contributed by atoms with E-state index in [9.17, 15) is 4.91 Å². The molecule has 0 aromatic heterocycles. The van der Waals surface area contributed by atoms with Gasteiger partial charge in [-0.05, 0) is 25.1 Å². The van der Waals surface area contributed by atoms with Gasteiger partial charge in [-0.3, -0.25) is 0 Å². The zero-order valence-electron chi connectivity index (χ0n) is 10.2. The third kappa shape index (κ3) is 2.85. The molecule has 0 aliphatic heterocycles. The summed E-state index contributed by atoms with van der Waals surface area (Å²) in [5.74, 6) is 0.568. The first-order valence-electron chi connectivity index (χ1n) is 5.82. The maximum absolute atomic E-state index is 12.0. The number of ether oxygens (including phenoxy) is 1. The van der Waals surface area contributed by atoms with Gasteiger partial charge in [-0.15, -0.1) is 5.43 Å². The van der Waals surface area contributed by atoms with E-state index < -0.39 is 0 Å². The van der Waals surface area contributed by atoms with Crippen LogP contribution in [0.4, 0.5) is 11.4 Å². The highest BCUT2D eigenvalue weighted by molar-refractivity contribution is 5.47. The fraction of sp³-hybridized carbons (Fsp3) is 0.143. The first-order chi connectivity index (χ1) is 8.81. The van der Waals surface area contributed by atoms with Crippen LogP contribution in [0, 0.1) is 4.91 Å². The van der Waals surface area contributed by atoms with E-state index in [1.807, 2.05) is 43.3 Å². The van der Waals surface area contributed by atoms with Gasteiger partial charge in [-0.1, -0.05) is 30.3 Å². The van der Waals surface area contributed by atoms with Crippen molar-refractivity contribution in [2.45, 2.75) is 6.92 Å². The van der Waals surface area contributed by atoms with Gasteiger partial charge < -0.3 is 4.74 Å². The Hall–Kier alpha value is -2.36. The fourth-order valence-corrected chi connectivity index (χ4v) is 1.59. The zero-order valence-corrected chi connectivity index (χ0v) is 10.2. The van der Waals surface area contributed by atoms with Gasteiger partial charge in [0.2, 0.25) is 0 Å². The lowest BCUT2D eigenvalue weighted by Crippen LogP contribution is -2.11. The van der Waals surface area contributed by atoms with E-state index in [0.717, 1.165) is 5.69 Å². The second kappa shape index (κ2) is 5.82. The van der Waals surface area contributed by atoms with E-state index in [2.05, 4.69) is 5.43 Å². The Kier molecular flexibility index (Phi) is 3.91. The van der Waals surface area contributed by atoms with Crippen LogP contribution in [0.5, 0.6) is 5.75 Å². The lowest BCUT2D eigenvalue weighted by molar-refractivity contribution is -0.428. The van der Waals surface area contributed by atoms with Gasteiger partial charge in [0, 0.05) is 6.07 Å². The van der Waals surface area contributed by atoms with Crippen molar-refractivity contribution >= 4 is 11.4 Å². The van der Waals surface area contributed by atoms with E-state index in [-0.39, 0.29) is 0 Å². The van der Waals surface area contributed by atoms with Crippen molar-refractivity contribution in [2.75, 3.05) is 12.0 Å². The highest BCUT2D eigenvalue weighted by Crippen LogP contribution is 2.26. The summed E-state index contributed by atoms with van der Waals surface area (Å²) in [4.78, 5) is 12.7. The molecular weight excluding hydrogens is 228 g/mol. The second-order valence-electron chi connectivity index (χ2n) is 3.67. The van der Waals surface area contributed by atoms with Gasteiger partial charge in [0.1, 0.15) is 5.69 Å². The maximum atomic E-state index is 12.0. The maximum Gasteiger partial charge on any atom is 0.333 e. The summed E-state index contributed by atoms with van der Waals surface area (Å²) >= 11 is 0. The van der Waals surface area contributed by atoms with Gasteiger partial charge in [-0.2, -0.15) is 0 Å². The smallest absolute Gasteiger partial charge is 0.333 e. The van der Waals surface area contributed by atoms with Crippen molar-refractivity contribution in [1.29, 1.82) is 0 Å². The summed E-state index contributed by atoms with van der Waals surface area (Å²) in [6.45, 7) is 2.41. The van der Waals surface area contributed by atoms with Gasteiger partial charge in [0.25, 0.3) is 0 Å². The quantitative estimate of drug-likeness (QED) is 0.645. The van der Waals surface area contributed by atoms with E-state index in [4.69, 9.17) is 4.74 Å². The van der Waals surface area contributed by atoms with E-state index in [0.29, 0.717) is 22.9 Å². The zero-order chi connectivity index (χ0) is 12.8. The van der Waals surface area contributed by atoms with Crippen molar-refractivity contribution in [3.05, 3.63) is 59.5 Å². The van der Waals surface area contributed by atoms with Gasteiger partial charge in [-0.25, -0.2) is 0 Å². The van der Waals surface area contributed by atoms with Crippen molar-refractivity contribution in [2.24, 2.45) is 0 Å². The molecule has 0 aliphatic rings. The van der Waals surface area contributed by atoms with Gasteiger partial charge in [0.15, 0.2) is 10.6 Å². The van der Waals surface area contributed by atoms with Crippen molar-refractivity contribution in [3.8, 4) is 5.75 Å². The number of hydrogen-bond donors (Lipinski definition) is 1. The Morgan fingerprint density at radius 3 is 2.44 bits per heavy atom. The number of benzene rings is 2. The molecule has 92 valence electrons. The van der Waals surface area contributed by atoms with Gasteiger partial charge >= 0.3 is 5.69 Å². The van der Waals surface area contributed by atoms with E-state index in [1.54, 1.807) is 18.2 Å².